The fourth-order valence-electron chi connectivity index (χ4n) is 3.69. The van der Waals surface area contributed by atoms with Crippen molar-refractivity contribution in [2.45, 2.75) is 25.4 Å². The van der Waals surface area contributed by atoms with E-state index in [9.17, 15) is 18.0 Å². The molecule has 3 aromatic rings. The fourth-order valence-corrected chi connectivity index (χ4v) is 3.99. The zero-order chi connectivity index (χ0) is 20.9. The number of carboxylic acids is 1. The molecule has 1 aliphatic rings. The van der Waals surface area contributed by atoms with Crippen LogP contribution in [0, 0.1) is 5.92 Å². The van der Waals surface area contributed by atoms with Crippen molar-refractivity contribution >= 4 is 29.2 Å². The van der Waals surface area contributed by atoms with Crippen LogP contribution in [-0.4, -0.2) is 21.8 Å². The number of furan rings is 1. The monoisotopic (exact) mass is 443 g/mol. The van der Waals surface area contributed by atoms with E-state index in [2.05, 4.69) is 0 Å². The van der Waals surface area contributed by atoms with Crippen LogP contribution >= 0.6 is 23.2 Å². The van der Waals surface area contributed by atoms with Crippen LogP contribution in [0.15, 0.2) is 40.8 Å². The van der Waals surface area contributed by atoms with E-state index in [-0.39, 0.29) is 30.9 Å². The molecule has 0 radical (unpaired) electrons. The Bertz CT molecular complexity index is 1100. The molecule has 1 aliphatic carbocycles. The van der Waals surface area contributed by atoms with Crippen molar-refractivity contribution in [3.05, 3.63) is 63.5 Å². The summed E-state index contributed by atoms with van der Waals surface area (Å²) in [6, 6.07) is 9.39. The Morgan fingerprint density at radius 3 is 2.52 bits per heavy atom. The van der Waals surface area contributed by atoms with E-state index in [1.807, 2.05) is 0 Å². The van der Waals surface area contributed by atoms with Gasteiger partial charge in [-0.2, -0.15) is 13.2 Å². The molecule has 1 unspecified atom stereocenters. The van der Waals surface area contributed by atoms with Gasteiger partial charge < -0.3 is 9.52 Å². The van der Waals surface area contributed by atoms with Gasteiger partial charge in [-0.3, -0.25) is 4.57 Å². The summed E-state index contributed by atoms with van der Waals surface area (Å²) in [6.07, 6.45) is -4.28. The van der Waals surface area contributed by atoms with E-state index in [0.29, 0.717) is 32.6 Å². The molecule has 1 N–H and O–H groups in total. The van der Waals surface area contributed by atoms with E-state index in [0.717, 1.165) is 0 Å². The molecule has 29 heavy (non-hydrogen) atoms. The number of nitrogens with zero attached hydrogens (tertiary/aromatic N) is 1. The predicted octanol–water partition coefficient (Wildman–Crippen LogP) is 6.41. The largest absolute Gasteiger partial charge is 0.475 e. The number of benzene rings is 1. The summed E-state index contributed by atoms with van der Waals surface area (Å²) in [5.41, 5.74) is 2.40. The van der Waals surface area contributed by atoms with Crippen LogP contribution in [-0.2, 0) is 12.8 Å². The van der Waals surface area contributed by atoms with Gasteiger partial charge in [-0.05, 0) is 49.1 Å². The van der Waals surface area contributed by atoms with Gasteiger partial charge in [0.05, 0.1) is 21.7 Å². The van der Waals surface area contributed by atoms with Crippen LogP contribution in [0.2, 0.25) is 10.0 Å². The Kier molecular flexibility index (Phi) is 4.91. The zero-order valence-electron chi connectivity index (χ0n) is 14.8. The smallest absolute Gasteiger partial charge is 0.392 e. The summed E-state index contributed by atoms with van der Waals surface area (Å²) in [7, 11) is 0. The lowest BCUT2D eigenvalue weighted by molar-refractivity contribution is -0.177. The minimum atomic E-state index is -4.27. The van der Waals surface area contributed by atoms with E-state index in [1.165, 1.54) is 12.1 Å². The van der Waals surface area contributed by atoms with Crippen molar-refractivity contribution in [3.8, 4) is 17.1 Å². The van der Waals surface area contributed by atoms with Crippen LogP contribution in [0.4, 0.5) is 13.2 Å². The molecule has 152 valence electrons. The summed E-state index contributed by atoms with van der Waals surface area (Å²) in [6.45, 7) is 0. The first kappa shape index (κ1) is 19.9. The average Bonchev–Trinajstić information content (AvgIpc) is 3.27. The van der Waals surface area contributed by atoms with E-state index in [4.69, 9.17) is 32.7 Å². The Morgan fingerprint density at radius 1 is 1.14 bits per heavy atom. The van der Waals surface area contributed by atoms with Crippen molar-refractivity contribution in [1.82, 2.24) is 4.57 Å². The maximum atomic E-state index is 13.3. The van der Waals surface area contributed by atoms with Crippen molar-refractivity contribution in [2.24, 2.45) is 5.92 Å². The van der Waals surface area contributed by atoms with Gasteiger partial charge in [-0.1, -0.05) is 29.3 Å². The first-order valence-corrected chi connectivity index (χ1v) is 9.50. The highest BCUT2D eigenvalue weighted by Crippen LogP contribution is 2.41. The highest BCUT2D eigenvalue weighted by Gasteiger charge is 2.42. The van der Waals surface area contributed by atoms with Gasteiger partial charge in [0.2, 0.25) is 11.6 Å². The summed E-state index contributed by atoms with van der Waals surface area (Å²) in [5, 5.41) is 9.80. The molecule has 0 bridgehead atoms. The maximum absolute atomic E-state index is 13.3. The molecule has 9 heteroatoms. The molecular weight excluding hydrogens is 430 g/mol. The molecule has 0 fully saturated rings. The van der Waals surface area contributed by atoms with E-state index in [1.54, 1.807) is 28.8 Å². The Hall–Kier alpha value is -2.38. The van der Waals surface area contributed by atoms with Gasteiger partial charge in [-0.25, -0.2) is 4.79 Å². The molecule has 4 rings (SSSR count). The molecule has 0 amide bonds. The Labute approximate surface area is 173 Å². The number of aromatic nitrogens is 1. The van der Waals surface area contributed by atoms with Crippen molar-refractivity contribution in [3.63, 3.8) is 0 Å². The van der Waals surface area contributed by atoms with E-state index >= 15 is 0 Å². The van der Waals surface area contributed by atoms with Gasteiger partial charge in [0.1, 0.15) is 0 Å². The third-order valence-electron chi connectivity index (χ3n) is 5.09. The highest BCUT2D eigenvalue weighted by molar-refractivity contribution is 6.42. The number of carbonyl (C=O) groups is 1. The number of halogens is 5. The van der Waals surface area contributed by atoms with Crippen LogP contribution in [0.25, 0.3) is 17.1 Å². The third-order valence-corrected chi connectivity index (χ3v) is 5.83. The number of hydrogen-bond acceptors (Lipinski definition) is 2. The Morgan fingerprint density at radius 2 is 1.90 bits per heavy atom. The SMILES string of the molecule is O=C(O)c1ccc(-n2c(-c3ccc(Cl)c(Cl)c3)cc3c2CCC(C(F)(F)F)C3)o1. The number of carboxylic acid groups (broad SMARTS) is 1. The summed E-state index contributed by atoms with van der Waals surface area (Å²) < 4.78 is 46.9. The first-order valence-electron chi connectivity index (χ1n) is 8.74. The predicted molar refractivity (Wildman–Crippen MR) is 102 cm³/mol. The average molecular weight is 444 g/mol. The second-order valence-corrected chi connectivity index (χ2v) is 7.70. The fraction of sp³-hybridized carbons (Fsp3) is 0.250. The second-order valence-electron chi connectivity index (χ2n) is 6.89. The van der Waals surface area contributed by atoms with Gasteiger partial charge in [0.15, 0.2) is 0 Å². The lowest BCUT2D eigenvalue weighted by atomic mass is 9.87. The van der Waals surface area contributed by atoms with Crippen LogP contribution in [0.5, 0.6) is 0 Å². The first-order chi connectivity index (χ1) is 13.6. The molecule has 0 spiro atoms. The van der Waals surface area contributed by atoms with Crippen molar-refractivity contribution < 1.29 is 27.5 Å². The molecule has 0 saturated carbocycles. The molecule has 2 aromatic heterocycles. The van der Waals surface area contributed by atoms with Gasteiger partial charge >= 0.3 is 12.1 Å². The number of fused-ring (bicyclic) bond motifs is 1. The second kappa shape index (κ2) is 7.15. The molecule has 4 nitrogen and oxygen atoms in total. The minimum Gasteiger partial charge on any atom is -0.475 e. The van der Waals surface area contributed by atoms with Crippen LogP contribution < -0.4 is 0 Å². The number of aromatic carboxylic acids is 1. The zero-order valence-corrected chi connectivity index (χ0v) is 16.3. The summed E-state index contributed by atoms with van der Waals surface area (Å²) in [5.74, 6) is -2.69. The molecular formula is C20H14Cl2F3NO3. The summed E-state index contributed by atoms with van der Waals surface area (Å²) >= 11 is 12.1. The lowest BCUT2D eigenvalue weighted by Gasteiger charge is -2.25. The molecule has 1 aromatic carbocycles. The Balaban J connectivity index is 1.88. The van der Waals surface area contributed by atoms with Crippen LogP contribution in [0.1, 0.15) is 28.2 Å². The lowest BCUT2D eigenvalue weighted by Crippen LogP contribution is -2.29. The number of hydrogen-bond donors (Lipinski definition) is 1. The topological polar surface area (TPSA) is 55.4 Å². The normalized spacial score (nSPS) is 16.7. The van der Waals surface area contributed by atoms with Gasteiger partial charge in [-0.15, -0.1) is 0 Å². The van der Waals surface area contributed by atoms with Crippen molar-refractivity contribution in [1.29, 1.82) is 0 Å². The molecule has 2 heterocycles. The molecule has 1 atom stereocenters. The highest BCUT2D eigenvalue weighted by atomic mass is 35.5. The maximum Gasteiger partial charge on any atom is 0.392 e. The quantitative estimate of drug-likeness (QED) is 0.508. The minimum absolute atomic E-state index is 0.0478. The number of rotatable bonds is 3. The molecule has 0 aliphatic heterocycles. The van der Waals surface area contributed by atoms with Gasteiger partial charge in [0.25, 0.3) is 0 Å². The number of alkyl halides is 3. The summed E-state index contributed by atoms with van der Waals surface area (Å²) in [4.78, 5) is 11.2. The standard InChI is InChI=1S/C20H14Cl2F3NO3/c21-13-3-1-10(8-14(13)22)16-9-11-7-12(20(23,24)25)2-4-15(11)26(16)18-6-5-17(29-18)19(27)28/h1,3,5-6,8-9,12H,2,4,7H2,(H,27,28). The third kappa shape index (κ3) is 3.65. The van der Waals surface area contributed by atoms with Crippen LogP contribution in [0.3, 0.4) is 0 Å². The molecule has 0 saturated heterocycles. The van der Waals surface area contributed by atoms with Crippen molar-refractivity contribution in [2.75, 3.05) is 0 Å². The van der Waals surface area contributed by atoms with Gasteiger partial charge in [0, 0.05) is 17.3 Å². The van der Waals surface area contributed by atoms with E-state index < -0.39 is 18.1 Å².